The van der Waals surface area contributed by atoms with Gasteiger partial charge in [-0.3, -0.25) is 0 Å². The summed E-state index contributed by atoms with van der Waals surface area (Å²) in [6.07, 6.45) is 0.0729. The molecule has 0 aliphatic rings. The van der Waals surface area contributed by atoms with Crippen LogP contribution in [-0.2, 0) is 29.0 Å². The molecule has 0 saturated heterocycles. The van der Waals surface area contributed by atoms with Gasteiger partial charge in [0, 0.05) is 23.9 Å². The minimum atomic E-state index is -0.999. The Morgan fingerprint density at radius 2 is 1.61 bits per heavy atom. The number of amides is 1. The first kappa shape index (κ1) is 24.7. The molecule has 0 saturated carbocycles. The maximum atomic E-state index is 13.3. The van der Waals surface area contributed by atoms with E-state index < -0.39 is 23.7 Å². The van der Waals surface area contributed by atoms with Crippen LogP contribution in [0, 0.1) is 6.92 Å². The number of benzene rings is 3. The van der Waals surface area contributed by atoms with Crippen molar-refractivity contribution in [3.05, 3.63) is 112 Å². The molecule has 7 nitrogen and oxygen atoms in total. The van der Waals surface area contributed by atoms with Crippen molar-refractivity contribution in [1.82, 2.24) is 5.32 Å². The lowest BCUT2D eigenvalue weighted by molar-refractivity contribution is -0.136. The molecular weight excluding hydrogens is 458 g/mol. The molecule has 0 unspecified atom stereocenters. The van der Waals surface area contributed by atoms with Gasteiger partial charge in [-0.1, -0.05) is 67.6 Å². The van der Waals surface area contributed by atoms with Gasteiger partial charge >= 0.3 is 17.7 Å². The van der Waals surface area contributed by atoms with Crippen LogP contribution in [0.2, 0.25) is 0 Å². The summed E-state index contributed by atoms with van der Waals surface area (Å²) in [5.41, 5.74) is 3.08. The number of alkyl carbamates (subject to hydrolysis) is 1. The molecular formula is C29H27NO6. The van der Waals surface area contributed by atoms with Crippen LogP contribution in [-0.4, -0.2) is 18.1 Å². The number of rotatable bonds is 8. The van der Waals surface area contributed by atoms with E-state index in [0.29, 0.717) is 12.0 Å². The van der Waals surface area contributed by atoms with E-state index in [1.54, 1.807) is 6.07 Å². The van der Waals surface area contributed by atoms with Gasteiger partial charge in [-0.25, -0.2) is 14.4 Å². The van der Waals surface area contributed by atoms with Gasteiger partial charge in [0.2, 0.25) is 0 Å². The van der Waals surface area contributed by atoms with Crippen molar-refractivity contribution in [2.75, 3.05) is 0 Å². The molecule has 0 fully saturated rings. The number of ether oxygens (including phenoxy) is 2. The predicted octanol–water partition coefficient (Wildman–Crippen LogP) is 5.11. The molecule has 0 bridgehead atoms. The third-order valence-corrected chi connectivity index (χ3v) is 5.80. The Morgan fingerprint density at radius 1 is 0.944 bits per heavy atom. The van der Waals surface area contributed by atoms with Crippen molar-refractivity contribution in [2.45, 2.75) is 39.3 Å². The van der Waals surface area contributed by atoms with Gasteiger partial charge in [-0.2, -0.15) is 0 Å². The van der Waals surface area contributed by atoms with Crippen molar-refractivity contribution in [3.63, 3.8) is 0 Å². The Hall–Kier alpha value is -4.39. The molecule has 1 heterocycles. The third-order valence-electron chi connectivity index (χ3n) is 5.80. The Labute approximate surface area is 208 Å². The normalized spacial score (nSPS) is 11.6. The largest absolute Gasteiger partial charge is 0.445 e. The average Bonchev–Trinajstić information content (AvgIpc) is 2.88. The molecule has 184 valence electrons. The first-order valence-electron chi connectivity index (χ1n) is 11.7. The van der Waals surface area contributed by atoms with Crippen LogP contribution in [0.1, 0.15) is 29.2 Å². The summed E-state index contributed by atoms with van der Waals surface area (Å²) in [6.45, 7) is 3.83. The fraction of sp³-hybridized carbons (Fsp3) is 0.207. The van der Waals surface area contributed by atoms with E-state index in [1.165, 1.54) is 6.07 Å². The highest BCUT2D eigenvalue weighted by Crippen LogP contribution is 2.28. The van der Waals surface area contributed by atoms with E-state index in [4.69, 9.17) is 13.9 Å². The molecule has 0 spiro atoms. The second-order valence-corrected chi connectivity index (χ2v) is 8.43. The molecule has 1 N–H and O–H groups in total. The number of fused-ring (bicyclic) bond motifs is 1. The number of hydrogen-bond donors (Lipinski definition) is 1. The van der Waals surface area contributed by atoms with E-state index in [-0.39, 0.29) is 18.8 Å². The summed E-state index contributed by atoms with van der Waals surface area (Å²) in [5, 5.41) is 3.41. The minimum absolute atomic E-state index is 0.0722. The lowest BCUT2D eigenvalue weighted by Gasteiger charge is -2.19. The molecule has 1 amide bonds. The van der Waals surface area contributed by atoms with Gasteiger partial charge in [0.25, 0.3) is 0 Å². The summed E-state index contributed by atoms with van der Waals surface area (Å²) in [7, 11) is 0. The molecule has 4 rings (SSSR count). The molecule has 0 radical (unpaired) electrons. The maximum absolute atomic E-state index is 13.3. The molecule has 4 aromatic rings. The topological polar surface area (TPSA) is 94.8 Å². The maximum Gasteiger partial charge on any atom is 0.408 e. The van der Waals surface area contributed by atoms with E-state index >= 15 is 0 Å². The number of nitrogens with one attached hydrogen (secondary N) is 1. The fourth-order valence-electron chi connectivity index (χ4n) is 3.89. The SMILES string of the molecule is CCc1cc2c(C)cc(=O)oc2cc1OC(=O)[C@@H](Cc1ccccc1)NC(=O)OCc1ccccc1. The summed E-state index contributed by atoms with van der Waals surface area (Å²) in [6, 6.07) is 22.4. The summed E-state index contributed by atoms with van der Waals surface area (Å²) < 4.78 is 16.4. The molecule has 1 atom stereocenters. The molecule has 0 aliphatic carbocycles. The number of carbonyl (C=O) groups excluding carboxylic acids is 2. The Balaban J connectivity index is 1.56. The monoisotopic (exact) mass is 485 g/mol. The Morgan fingerprint density at radius 3 is 2.28 bits per heavy atom. The van der Waals surface area contributed by atoms with Gasteiger partial charge in [-0.05, 0) is 41.7 Å². The second-order valence-electron chi connectivity index (χ2n) is 8.43. The first-order chi connectivity index (χ1) is 17.4. The van der Waals surface area contributed by atoms with Crippen LogP contribution in [0.15, 0.2) is 88.1 Å². The highest BCUT2D eigenvalue weighted by Gasteiger charge is 2.25. The van der Waals surface area contributed by atoms with Crippen molar-refractivity contribution in [3.8, 4) is 5.75 Å². The third kappa shape index (κ3) is 6.18. The zero-order chi connectivity index (χ0) is 25.5. The van der Waals surface area contributed by atoms with Crippen LogP contribution in [0.4, 0.5) is 4.79 Å². The van der Waals surface area contributed by atoms with Crippen molar-refractivity contribution < 1.29 is 23.5 Å². The van der Waals surface area contributed by atoms with Gasteiger partial charge in [0.05, 0.1) is 0 Å². The van der Waals surface area contributed by atoms with Crippen molar-refractivity contribution in [2.24, 2.45) is 0 Å². The Bertz CT molecular complexity index is 1410. The van der Waals surface area contributed by atoms with Crippen LogP contribution >= 0.6 is 0 Å². The fourth-order valence-corrected chi connectivity index (χ4v) is 3.89. The van der Waals surface area contributed by atoms with Gasteiger partial charge in [-0.15, -0.1) is 0 Å². The van der Waals surface area contributed by atoms with Crippen LogP contribution < -0.4 is 15.7 Å². The van der Waals surface area contributed by atoms with Gasteiger partial charge in [0.15, 0.2) is 0 Å². The lowest BCUT2D eigenvalue weighted by atomic mass is 10.0. The average molecular weight is 486 g/mol. The second kappa shape index (κ2) is 11.4. The van der Waals surface area contributed by atoms with Crippen LogP contribution in [0.5, 0.6) is 5.75 Å². The van der Waals surface area contributed by atoms with Gasteiger partial charge in [0.1, 0.15) is 24.0 Å². The number of aryl methyl sites for hydroxylation is 2. The van der Waals surface area contributed by atoms with Crippen LogP contribution in [0.3, 0.4) is 0 Å². The Kier molecular flexibility index (Phi) is 7.80. The summed E-state index contributed by atoms with van der Waals surface area (Å²) >= 11 is 0. The van der Waals surface area contributed by atoms with Gasteiger partial charge < -0.3 is 19.2 Å². The number of hydrogen-bond acceptors (Lipinski definition) is 6. The van der Waals surface area contributed by atoms with E-state index in [2.05, 4.69) is 5.32 Å². The molecule has 36 heavy (non-hydrogen) atoms. The van der Waals surface area contributed by atoms with E-state index in [0.717, 1.165) is 27.6 Å². The molecule has 7 heteroatoms. The highest BCUT2D eigenvalue weighted by atomic mass is 16.6. The number of carbonyl (C=O) groups is 2. The zero-order valence-electron chi connectivity index (χ0n) is 20.2. The number of esters is 1. The van der Waals surface area contributed by atoms with Crippen LogP contribution in [0.25, 0.3) is 11.0 Å². The minimum Gasteiger partial charge on any atom is -0.445 e. The summed E-state index contributed by atoms with van der Waals surface area (Å²) in [5.74, 6) is -0.374. The van der Waals surface area contributed by atoms with E-state index in [9.17, 15) is 14.4 Å². The lowest BCUT2D eigenvalue weighted by Crippen LogP contribution is -2.44. The van der Waals surface area contributed by atoms with Crippen molar-refractivity contribution in [1.29, 1.82) is 0 Å². The van der Waals surface area contributed by atoms with Crippen molar-refractivity contribution >= 4 is 23.0 Å². The summed E-state index contributed by atoms with van der Waals surface area (Å²) in [4.78, 5) is 37.7. The molecule has 3 aromatic carbocycles. The standard InChI is InChI=1S/C29H27NO6/c1-3-22-16-23-19(2)14-27(31)35-26(23)17-25(22)36-28(32)24(15-20-10-6-4-7-11-20)30-29(33)34-18-21-12-8-5-9-13-21/h4-14,16-17,24H,3,15,18H2,1-2H3,(H,30,33)/t24-/m1/s1. The zero-order valence-corrected chi connectivity index (χ0v) is 20.2. The smallest absolute Gasteiger partial charge is 0.408 e. The molecule has 1 aromatic heterocycles. The highest BCUT2D eigenvalue weighted by molar-refractivity contribution is 5.86. The quantitative estimate of drug-likeness (QED) is 0.212. The molecule has 0 aliphatic heterocycles. The predicted molar refractivity (Wildman–Crippen MR) is 136 cm³/mol. The first-order valence-corrected chi connectivity index (χ1v) is 11.7. The van der Waals surface area contributed by atoms with E-state index in [1.807, 2.05) is 80.6 Å².